The molecule has 25 heavy (non-hydrogen) atoms. The number of likely N-dealkylation sites (tertiary alicyclic amines) is 1. The minimum absolute atomic E-state index is 0.115. The average molecular weight is 407 g/mol. The molecular formula is C21H31BrN2O. The van der Waals surface area contributed by atoms with Crippen LogP contribution in [0.4, 0.5) is 0 Å². The number of rotatable bonds is 7. The molecule has 1 fully saturated rings. The second kappa shape index (κ2) is 10.1. The van der Waals surface area contributed by atoms with Crippen LogP contribution in [-0.4, -0.2) is 48.4 Å². The topological polar surface area (TPSA) is 23.6 Å². The highest BCUT2D eigenvalue weighted by Gasteiger charge is 2.17. The predicted octanol–water partition coefficient (Wildman–Crippen LogP) is 5.17. The number of halogens is 1. The van der Waals surface area contributed by atoms with Gasteiger partial charge in [-0.1, -0.05) is 47.0 Å². The predicted molar refractivity (Wildman–Crippen MR) is 110 cm³/mol. The zero-order valence-corrected chi connectivity index (χ0v) is 17.4. The summed E-state index contributed by atoms with van der Waals surface area (Å²) in [5, 5.41) is 0. The Morgan fingerprint density at radius 1 is 1.04 bits per heavy atom. The van der Waals surface area contributed by atoms with Gasteiger partial charge in [0, 0.05) is 36.2 Å². The maximum Gasteiger partial charge on any atom is 0.253 e. The molecule has 0 spiro atoms. The molecule has 2 rings (SSSR count). The molecule has 0 N–H and O–H groups in total. The molecule has 1 heterocycles. The van der Waals surface area contributed by atoms with Crippen LogP contribution in [0.5, 0.6) is 0 Å². The van der Waals surface area contributed by atoms with E-state index in [1.807, 2.05) is 30.9 Å². The molecule has 1 aliphatic heterocycles. The highest BCUT2D eigenvalue weighted by Crippen LogP contribution is 2.31. The van der Waals surface area contributed by atoms with E-state index in [4.69, 9.17) is 0 Å². The minimum Gasteiger partial charge on any atom is -0.339 e. The van der Waals surface area contributed by atoms with Crippen molar-refractivity contribution in [2.75, 3.05) is 32.7 Å². The van der Waals surface area contributed by atoms with Crippen LogP contribution in [0.1, 0.15) is 62.4 Å². The Morgan fingerprint density at radius 2 is 1.60 bits per heavy atom. The van der Waals surface area contributed by atoms with Gasteiger partial charge in [0.2, 0.25) is 0 Å². The number of carbonyl (C=O) groups excluding carboxylic acids is 1. The molecule has 4 heteroatoms. The Morgan fingerprint density at radius 3 is 2.12 bits per heavy atom. The van der Waals surface area contributed by atoms with Gasteiger partial charge in [-0.3, -0.25) is 4.79 Å². The molecule has 1 aliphatic rings. The molecule has 0 saturated carbocycles. The van der Waals surface area contributed by atoms with E-state index in [2.05, 4.69) is 39.9 Å². The first kappa shape index (κ1) is 20.2. The molecule has 0 unspecified atom stereocenters. The van der Waals surface area contributed by atoms with E-state index in [0.717, 1.165) is 44.6 Å². The van der Waals surface area contributed by atoms with Crippen molar-refractivity contribution >= 4 is 26.3 Å². The lowest BCUT2D eigenvalue weighted by Crippen LogP contribution is -2.31. The van der Waals surface area contributed by atoms with E-state index >= 15 is 0 Å². The summed E-state index contributed by atoms with van der Waals surface area (Å²) < 4.78 is 1.21. The number of unbranched alkanes of at least 4 members (excludes halogenated alkanes) is 1. The molecule has 1 amide bonds. The van der Waals surface area contributed by atoms with Crippen molar-refractivity contribution in [2.24, 2.45) is 0 Å². The minimum atomic E-state index is 0.115. The van der Waals surface area contributed by atoms with E-state index in [9.17, 15) is 4.79 Å². The summed E-state index contributed by atoms with van der Waals surface area (Å²) in [5.74, 6) is 0.115. The van der Waals surface area contributed by atoms with Crippen molar-refractivity contribution in [3.63, 3.8) is 0 Å². The number of piperidine rings is 1. The first-order valence-corrected chi connectivity index (χ1v) is 10.4. The van der Waals surface area contributed by atoms with E-state index in [1.165, 1.54) is 35.0 Å². The molecule has 0 aromatic heterocycles. The monoisotopic (exact) mass is 406 g/mol. The van der Waals surface area contributed by atoms with Gasteiger partial charge in [-0.15, -0.1) is 0 Å². The van der Waals surface area contributed by atoms with Crippen molar-refractivity contribution < 1.29 is 4.79 Å². The van der Waals surface area contributed by atoms with Crippen molar-refractivity contribution in [1.29, 1.82) is 0 Å². The van der Waals surface area contributed by atoms with Gasteiger partial charge in [-0.25, -0.2) is 0 Å². The molecule has 0 atom stereocenters. The molecule has 0 aliphatic carbocycles. The summed E-state index contributed by atoms with van der Waals surface area (Å²) in [6.07, 6.45) is 4.82. The maximum absolute atomic E-state index is 12.4. The van der Waals surface area contributed by atoms with Gasteiger partial charge >= 0.3 is 0 Å². The Kier molecular flexibility index (Phi) is 8.17. The standard InChI is InChI=1S/C21H31BrN2O/c1-4-7-14-23-15-12-18(13-16-23)20(22)17-8-10-19(11-9-17)21(25)24(5-2)6-3/h8-11H,4-7,12-16H2,1-3H3. The van der Waals surface area contributed by atoms with E-state index in [1.54, 1.807) is 0 Å². The first-order chi connectivity index (χ1) is 12.1. The molecule has 138 valence electrons. The number of hydrogen-bond donors (Lipinski definition) is 0. The van der Waals surface area contributed by atoms with Gasteiger partial charge in [-0.05, 0) is 57.4 Å². The Labute approximate surface area is 161 Å². The van der Waals surface area contributed by atoms with Gasteiger partial charge in [-0.2, -0.15) is 0 Å². The molecule has 3 nitrogen and oxygen atoms in total. The van der Waals surface area contributed by atoms with Crippen LogP contribution in [0.25, 0.3) is 4.48 Å². The number of benzene rings is 1. The summed E-state index contributed by atoms with van der Waals surface area (Å²) >= 11 is 3.80. The zero-order chi connectivity index (χ0) is 18.2. The van der Waals surface area contributed by atoms with E-state index in [0.29, 0.717) is 0 Å². The number of amides is 1. The van der Waals surface area contributed by atoms with Gasteiger partial charge < -0.3 is 9.80 Å². The van der Waals surface area contributed by atoms with Crippen LogP contribution in [0.15, 0.2) is 29.8 Å². The van der Waals surface area contributed by atoms with Crippen molar-refractivity contribution in [3.8, 4) is 0 Å². The second-order valence-corrected chi connectivity index (χ2v) is 7.46. The summed E-state index contributed by atoms with van der Waals surface area (Å²) in [6, 6.07) is 8.04. The van der Waals surface area contributed by atoms with Crippen LogP contribution in [0.3, 0.4) is 0 Å². The molecular weight excluding hydrogens is 376 g/mol. The first-order valence-electron chi connectivity index (χ1n) is 9.60. The van der Waals surface area contributed by atoms with Crippen LogP contribution >= 0.6 is 15.9 Å². The second-order valence-electron chi connectivity index (χ2n) is 6.67. The SMILES string of the molecule is CCCCN1CCC(=C(Br)c2ccc(C(=O)N(CC)CC)cc2)CC1. The van der Waals surface area contributed by atoms with E-state index in [-0.39, 0.29) is 5.91 Å². The van der Waals surface area contributed by atoms with Crippen molar-refractivity contribution in [1.82, 2.24) is 9.80 Å². The van der Waals surface area contributed by atoms with Gasteiger partial charge in [0.15, 0.2) is 0 Å². The molecule has 1 saturated heterocycles. The van der Waals surface area contributed by atoms with Crippen LogP contribution in [0, 0.1) is 0 Å². The lowest BCUT2D eigenvalue weighted by Gasteiger charge is -2.29. The highest BCUT2D eigenvalue weighted by molar-refractivity contribution is 9.15. The van der Waals surface area contributed by atoms with Gasteiger partial charge in [0.05, 0.1) is 0 Å². The summed E-state index contributed by atoms with van der Waals surface area (Å²) in [6.45, 7) is 11.3. The third-order valence-electron chi connectivity index (χ3n) is 5.03. The molecule has 1 aromatic rings. The van der Waals surface area contributed by atoms with Crippen LogP contribution in [0.2, 0.25) is 0 Å². The third-order valence-corrected chi connectivity index (χ3v) is 6.05. The third kappa shape index (κ3) is 5.42. The van der Waals surface area contributed by atoms with Crippen LogP contribution < -0.4 is 0 Å². The normalized spacial score (nSPS) is 15.3. The van der Waals surface area contributed by atoms with Crippen molar-refractivity contribution in [3.05, 3.63) is 41.0 Å². The molecule has 0 radical (unpaired) electrons. The number of carbonyl (C=O) groups is 1. The fourth-order valence-corrected chi connectivity index (χ4v) is 3.97. The zero-order valence-electron chi connectivity index (χ0n) is 15.9. The lowest BCUT2D eigenvalue weighted by atomic mass is 10.00. The highest BCUT2D eigenvalue weighted by atomic mass is 79.9. The van der Waals surface area contributed by atoms with Gasteiger partial charge in [0.25, 0.3) is 5.91 Å². The Hall–Kier alpha value is -1.13. The summed E-state index contributed by atoms with van der Waals surface area (Å²) in [4.78, 5) is 16.8. The number of nitrogens with zero attached hydrogens (tertiary/aromatic N) is 2. The average Bonchev–Trinajstić information content (AvgIpc) is 2.67. The number of hydrogen-bond acceptors (Lipinski definition) is 2. The quantitative estimate of drug-likeness (QED) is 0.623. The smallest absolute Gasteiger partial charge is 0.253 e. The summed E-state index contributed by atoms with van der Waals surface area (Å²) in [7, 11) is 0. The molecule has 0 bridgehead atoms. The van der Waals surface area contributed by atoms with Crippen molar-refractivity contribution in [2.45, 2.75) is 46.5 Å². The lowest BCUT2D eigenvalue weighted by molar-refractivity contribution is 0.0773. The van der Waals surface area contributed by atoms with Gasteiger partial charge in [0.1, 0.15) is 0 Å². The summed E-state index contributed by atoms with van der Waals surface area (Å²) in [5.41, 5.74) is 3.44. The van der Waals surface area contributed by atoms with Crippen LogP contribution in [-0.2, 0) is 0 Å². The van der Waals surface area contributed by atoms with E-state index < -0.39 is 0 Å². The maximum atomic E-state index is 12.4. The largest absolute Gasteiger partial charge is 0.339 e. The fourth-order valence-electron chi connectivity index (χ4n) is 3.30. The Balaban J connectivity index is 2.03. The molecule has 1 aromatic carbocycles. The Bertz CT molecular complexity index is 580. The fraction of sp³-hybridized carbons (Fsp3) is 0.571.